The first-order chi connectivity index (χ1) is 8.75. The van der Waals surface area contributed by atoms with Crippen molar-refractivity contribution in [3.8, 4) is 5.75 Å². The summed E-state index contributed by atoms with van der Waals surface area (Å²) in [6, 6.07) is 3.62. The first-order valence-corrected chi connectivity index (χ1v) is 5.67. The van der Waals surface area contributed by atoms with Gasteiger partial charge in [-0.15, -0.1) is 0 Å². The summed E-state index contributed by atoms with van der Waals surface area (Å²) in [6.45, 7) is -0.988. The Morgan fingerprint density at radius 1 is 1.47 bits per heavy atom. The molecule has 1 atom stereocenters. The molecule has 0 aliphatic rings. The zero-order valence-electron chi connectivity index (χ0n) is 9.29. The fraction of sp³-hybridized carbons (Fsp3) is 0.300. The molecule has 0 radical (unpaired) electrons. The summed E-state index contributed by atoms with van der Waals surface area (Å²) >= 11 is 2.99. The summed E-state index contributed by atoms with van der Waals surface area (Å²) in [5.74, 6) is -4.55. The van der Waals surface area contributed by atoms with Gasteiger partial charge >= 0.3 is 6.18 Å². The number of benzene rings is 1. The maximum atomic E-state index is 13.3. The van der Waals surface area contributed by atoms with Crippen LogP contribution in [0.15, 0.2) is 27.8 Å². The molecule has 0 spiro atoms. The number of oxime groups is 1. The largest absolute Gasteiger partial charge is 0.489 e. The molecule has 1 aromatic carbocycles. The van der Waals surface area contributed by atoms with Crippen molar-refractivity contribution in [3.05, 3.63) is 28.5 Å². The highest BCUT2D eigenvalue weighted by Crippen LogP contribution is 2.28. The topological polar surface area (TPSA) is 67.8 Å². The smallest absolute Gasteiger partial charge is 0.402 e. The van der Waals surface area contributed by atoms with E-state index in [1.807, 2.05) is 0 Å². The van der Waals surface area contributed by atoms with Crippen LogP contribution in [0.3, 0.4) is 0 Å². The standard InChI is InChI=1S/C10H9BrF4N2O2/c11-5-1-2-8(7(12)3-5)19-4-6(9(16)17-18)10(13,14)15/h1-3,6,18H,4H2,(H2,16,17). The summed E-state index contributed by atoms with van der Waals surface area (Å²) < 4.78 is 56.2. The van der Waals surface area contributed by atoms with Crippen LogP contribution in [0, 0.1) is 11.7 Å². The SMILES string of the molecule is N/C(=N/O)C(COc1ccc(Br)cc1F)C(F)(F)F. The minimum atomic E-state index is -4.76. The van der Waals surface area contributed by atoms with Gasteiger partial charge in [0.25, 0.3) is 0 Å². The van der Waals surface area contributed by atoms with E-state index in [-0.39, 0.29) is 5.75 Å². The lowest BCUT2D eigenvalue weighted by Crippen LogP contribution is -2.40. The highest BCUT2D eigenvalue weighted by atomic mass is 79.9. The van der Waals surface area contributed by atoms with Crippen LogP contribution in [0.5, 0.6) is 5.75 Å². The van der Waals surface area contributed by atoms with E-state index in [1.165, 1.54) is 12.1 Å². The van der Waals surface area contributed by atoms with Gasteiger partial charge in [0.1, 0.15) is 12.5 Å². The number of halogens is 5. The zero-order chi connectivity index (χ0) is 14.6. The molecule has 19 heavy (non-hydrogen) atoms. The number of amidine groups is 1. The Morgan fingerprint density at radius 3 is 2.58 bits per heavy atom. The Morgan fingerprint density at radius 2 is 2.11 bits per heavy atom. The van der Waals surface area contributed by atoms with Gasteiger partial charge in [-0.2, -0.15) is 13.2 Å². The van der Waals surface area contributed by atoms with E-state index in [2.05, 4.69) is 21.1 Å². The van der Waals surface area contributed by atoms with Gasteiger partial charge in [-0.1, -0.05) is 21.1 Å². The van der Waals surface area contributed by atoms with Gasteiger partial charge in [-0.3, -0.25) is 0 Å². The lowest BCUT2D eigenvalue weighted by Gasteiger charge is -2.19. The van der Waals surface area contributed by atoms with E-state index < -0.39 is 30.4 Å². The van der Waals surface area contributed by atoms with Crippen LogP contribution in [0.1, 0.15) is 0 Å². The highest BCUT2D eigenvalue weighted by molar-refractivity contribution is 9.10. The van der Waals surface area contributed by atoms with E-state index in [4.69, 9.17) is 15.7 Å². The fourth-order valence-corrected chi connectivity index (χ4v) is 1.52. The van der Waals surface area contributed by atoms with Crippen molar-refractivity contribution in [2.45, 2.75) is 6.18 Å². The molecule has 1 unspecified atom stereocenters. The number of nitrogens with zero attached hydrogens (tertiary/aromatic N) is 1. The number of ether oxygens (including phenoxy) is 1. The summed E-state index contributed by atoms with van der Waals surface area (Å²) in [4.78, 5) is 0. The molecule has 0 aromatic heterocycles. The number of alkyl halides is 3. The first kappa shape index (κ1) is 15.5. The molecule has 0 saturated heterocycles. The second kappa shape index (κ2) is 6.09. The summed E-state index contributed by atoms with van der Waals surface area (Å²) in [5.41, 5.74) is 4.93. The molecule has 3 N–H and O–H groups in total. The average molecular weight is 345 g/mol. The van der Waals surface area contributed by atoms with Crippen LogP contribution in [0.4, 0.5) is 17.6 Å². The van der Waals surface area contributed by atoms with Crippen molar-refractivity contribution in [1.29, 1.82) is 0 Å². The fourth-order valence-electron chi connectivity index (χ4n) is 1.18. The molecule has 0 fully saturated rings. The quantitative estimate of drug-likeness (QED) is 0.290. The molecule has 1 rings (SSSR count). The van der Waals surface area contributed by atoms with Crippen LogP contribution in [0.2, 0.25) is 0 Å². The van der Waals surface area contributed by atoms with E-state index in [0.29, 0.717) is 4.47 Å². The van der Waals surface area contributed by atoms with Gasteiger partial charge in [-0.05, 0) is 18.2 Å². The molecule has 0 aliphatic heterocycles. The normalized spacial score (nSPS) is 14.3. The Kier molecular flexibility index (Phi) is 4.98. The molecule has 0 heterocycles. The Labute approximate surface area is 114 Å². The minimum Gasteiger partial charge on any atom is -0.489 e. The molecule has 0 bridgehead atoms. The molecule has 9 heteroatoms. The van der Waals surface area contributed by atoms with Crippen molar-refractivity contribution < 1.29 is 27.5 Å². The summed E-state index contributed by atoms with van der Waals surface area (Å²) in [7, 11) is 0. The monoisotopic (exact) mass is 344 g/mol. The minimum absolute atomic E-state index is 0.358. The molecular weight excluding hydrogens is 336 g/mol. The maximum absolute atomic E-state index is 13.3. The maximum Gasteiger partial charge on any atom is 0.402 e. The third kappa shape index (κ3) is 4.27. The van der Waals surface area contributed by atoms with E-state index in [1.54, 1.807) is 0 Å². The molecule has 0 saturated carbocycles. The van der Waals surface area contributed by atoms with Crippen LogP contribution in [-0.4, -0.2) is 23.8 Å². The summed E-state index contributed by atoms with van der Waals surface area (Å²) in [5, 5.41) is 10.6. The third-order valence-electron chi connectivity index (χ3n) is 2.17. The van der Waals surface area contributed by atoms with Gasteiger partial charge in [0.2, 0.25) is 0 Å². The third-order valence-corrected chi connectivity index (χ3v) is 2.66. The molecule has 1 aromatic rings. The van der Waals surface area contributed by atoms with E-state index >= 15 is 0 Å². The average Bonchev–Trinajstić information content (AvgIpc) is 2.29. The van der Waals surface area contributed by atoms with Gasteiger partial charge in [-0.25, -0.2) is 4.39 Å². The van der Waals surface area contributed by atoms with E-state index in [0.717, 1.165) is 6.07 Å². The van der Waals surface area contributed by atoms with Gasteiger partial charge in [0.15, 0.2) is 17.4 Å². The van der Waals surface area contributed by atoms with Gasteiger partial charge in [0, 0.05) is 4.47 Å². The Bertz CT molecular complexity index is 479. The Balaban J connectivity index is 2.82. The van der Waals surface area contributed by atoms with Crippen molar-refractivity contribution >= 4 is 21.8 Å². The van der Waals surface area contributed by atoms with Crippen LogP contribution >= 0.6 is 15.9 Å². The number of hydrogen-bond donors (Lipinski definition) is 2. The number of hydrogen-bond acceptors (Lipinski definition) is 3. The first-order valence-electron chi connectivity index (χ1n) is 4.87. The van der Waals surface area contributed by atoms with Crippen molar-refractivity contribution in [3.63, 3.8) is 0 Å². The predicted molar refractivity (Wildman–Crippen MR) is 62.5 cm³/mol. The molecule has 0 aliphatic carbocycles. The van der Waals surface area contributed by atoms with Gasteiger partial charge < -0.3 is 15.7 Å². The number of rotatable bonds is 4. The van der Waals surface area contributed by atoms with Crippen LogP contribution in [-0.2, 0) is 0 Å². The molecule has 4 nitrogen and oxygen atoms in total. The second-order valence-electron chi connectivity index (χ2n) is 3.50. The van der Waals surface area contributed by atoms with Crippen molar-refractivity contribution in [2.75, 3.05) is 6.61 Å². The molecule has 106 valence electrons. The lowest BCUT2D eigenvalue weighted by molar-refractivity contribution is -0.162. The van der Waals surface area contributed by atoms with Crippen molar-refractivity contribution in [1.82, 2.24) is 0 Å². The predicted octanol–water partition coefficient (Wildman–Crippen LogP) is 2.89. The zero-order valence-corrected chi connectivity index (χ0v) is 10.9. The number of nitrogens with two attached hydrogens (primary N) is 1. The van der Waals surface area contributed by atoms with Crippen molar-refractivity contribution in [2.24, 2.45) is 16.8 Å². The second-order valence-corrected chi connectivity index (χ2v) is 4.42. The molecular formula is C10H9BrF4N2O2. The van der Waals surface area contributed by atoms with Crippen LogP contribution < -0.4 is 10.5 Å². The molecule has 0 amide bonds. The van der Waals surface area contributed by atoms with Crippen LogP contribution in [0.25, 0.3) is 0 Å². The highest BCUT2D eigenvalue weighted by Gasteiger charge is 2.43. The Hall–Kier alpha value is -1.51. The lowest BCUT2D eigenvalue weighted by atomic mass is 10.1. The van der Waals surface area contributed by atoms with Gasteiger partial charge in [0.05, 0.1) is 0 Å². The summed E-state index contributed by atoms with van der Waals surface area (Å²) in [6.07, 6.45) is -4.76. The van der Waals surface area contributed by atoms with E-state index in [9.17, 15) is 17.6 Å².